The van der Waals surface area contributed by atoms with Crippen molar-refractivity contribution in [1.82, 2.24) is 10.2 Å². The molecule has 0 atom stereocenters. The Morgan fingerprint density at radius 3 is 2.09 bits per heavy atom. The van der Waals surface area contributed by atoms with Crippen LogP contribution in [0.15, 0.2) is 72.8 Å². The quantitative estimate of drug-likeness (QED) is 0.364. The fourth-order valence-corrected chi connectivity index (χ4v) is 3.72. The summed E-state index contributed by atoms with van der Waals surface area (Å²) in [5, 5.41) is 4.05. The molecule has 3 rings (SSSR count). The highest BCUT2D eigenvalue weighted by Crippen LogP contribution is 2.28. The van der Waals surface area contributed by atoms with Crippen molar-refractivity contribution >= 4 is 17.3 Å². The predicted molar refractivity (Wildman–Crippen MR) is 135 cm³/mol. The second-order valence-electron chi connectivity index (χ2n) is 7.60. The normalized spacial score (nSPS) is 10.5. The Morgan fingerprint density at radius 1 is 0.818 bits per heavy atom. The van der Waals surface area contributed by atoms with Gasteiger partial charge in [0.25, 0.3) is 0 Å². The monoisotopic (exact) mass is 466 g/mol. The Kier molecular flexibility index (Phi) is 9.51. The molecule has 6 heteroatoms. The summed E-state index contributed by atoms with van der Waals surface area (Å²) in [6.07, 6.45) is 0.794. The third kappa shape index (κ3) is 7.75. The van der Waals surface area contributed by atoms with E-state index in [1.54, 1.807) is 12.1 Å². The van der Waals surface area contributed by atoms with Gasteiger partial charge in [-0.15, -0.1) is 0 Å². The smallest absolute Gasteiger partial charge is 0.169 e. The van der Waals surface area contributed by atoms with E-state index in [0.29, 0.717) is 38.0 Å². The second-order valence-corrected chi connectivity index (χ2v) is 7.98. The Morgan fingerprint density at radius 2 is 1.42 bits per heavy atom. The van der Waals surface area contributed by atoms with Crippen molar-refractivity contribution in [2.75, 3.05) is 19.8 Å². The summed E-state index contributed by atoms with van der Waals surface area (Å²) in [7, 11) is 0. The van der Waals surface area contributed by atoms with Gasteiger partial charge >= 0.3 is 0 Å². The number of nitrogens with one attached hydrogen (secondary N) is 1. The SMILES string of the molecule is CCOc1ccc(CCNC(=S)N(Cc2ccccc2)Cc2ccc(F)cc2)cc1OCC. The van der Waals surface area contributed by atoms with Gasteiger partial charge in [-0.05, 0) is 73.4 Å². The molecule has 0 aliphatic heterocycles. The molecule has 0 unspecified atom stereocenters. The Hall–Kier alpha value is -3.12. The van der Waals surface area contributed by atoms with Crippen LogP contribution in [0.3, 0.4) is 0 Å². The first-order valence-electron chi connectivity index (χ1n) is 11.3. The molecule has 4 nitrogen and oxygen atoms in total. The van der Waals surface area contributed by atoms with Gasteiger partial charge < -0.3 is 19.7 Å². The first kappa shape index (κ1) is 24.5. The molecule has 174 valence electrons. The van der Waals surface area contributed by atoms with Crippen LogP contribution >= 0.6 is 12.2 Å². The zero-order valence-corrected chi connectivity index (χ0v) is 20.0. The van der Waals surface area contributed by atoms with E-state index < -0.39 is 0 Å². The van der Waals surface area contributed by atoms with Gasteiger partial charge in [-0.1, -0.05) is 48.5 Å². The van der Waals surface area contributed by atoms with Gasteiger partial charge in [-0.2, -0.15) is 0 Å². The molecule has 0 fully saturated rings. The van der Waals surface area contributed by atoms with Crippen molar-refractivity contribution in [2.45, 2.75) is 33.4 Å². The molecule has 0 saturated heterocycles. The summed E-state index contributed by atoms with van der Waals surface area (Å²) in [6.45, 7) is 7.06. The van der Waals surface area contributed by atoms with Crippen LogP contribution in [0.5, 0.6) is 11.5 Å². The van der Waals surface area contributed by atoms with Crippen LogP contribution < -0.4 is 14.8 Å². The van der Waals surface area contributed by atoms with E-state index in [1.807, 2.05) is 44.2 Å². The largest absolute Gasteiger partial charge is 0.490 e. The molecule has 0 radical (unpaired) electrons. The van der Waals surface area contributed by atoms with E-state index in [4.69, 9.17) is 21.7 Å². The zero-order chi connectivity index (χ0) is 23.5. The lowest BCUT2D eigenvalue weighted by atomic mass is 10.1. The molecular formula is C27H31FN2O2S. The van der Waals surface area contributed by atoms with Crippen LogP contribution in [0.2, 0.25) is 0 Å². The van der Waals surface area contributed by atoms with E-state index in [2.05, 4.69) is 28.4 Å². The summed E-state index contributed by atoms with van der Waals surface area (Å²) in [4.78, 5) is 2.10. The molecule has 0 spiro atoms. The minimum absolute atomic E-state index is 0.240. The maximum atomic E-state index is 13.3. The third-order valence-electron chi connectivity index (χ3n) is 5.09. The van der Waals surface area contributed by atoms with Crippen LogP contribution in [0.4, 0.5) is 4.39 Å². The Bertz CT molecular complexity index is 1010. The molecule has 0 aliphatic carbocycles. The molecule has 3 aromatic carbocycles. The van der Waals surface area contributed by atoms with Crippen LogP contribution in [-0.4, -0.2) is 29.8 Å². The number of hydrogen-bond donors (Lipinski definition) is 1. The fraction of sp³-hybridized carbons (Fsp3) is 0.296. The molecule has 0 aliphatic rings. The maximum Gasteiger partial charge on any atom is 0.169 e. The molecule has 33 heavy (non-hydrogen) atoms. The summed E-state index contributed by atoms with van der Waals surface area (Å²) in [5.41, 5.74) is 3.31. The van der Waals surface area contributed by atoms with Gasteiger partial charge in [0.1, 0.15) is 5.82 Å². The first-order chi connectivity index (χ1) is 16.1. The Balaban J connectivity index is 1.63. The van der Waals surface area contributed by atoms with E-state index >= 15 is 0 Å². The number of hydrogen-bond acceptors (Lipinski definition) is 3. The lowest BCUT2D eigenvalue weighted by Gasteiger charge is -2.26. The summed E-state index contributed by atoms with van der Waals surface area (Å²) < 4.78 is 24.7. The van der Waals surface area contributed by atoms with Crippen molar-refractivity contribution in [2.24, 2.45) is 0 Å². The molecule has 0 saturated carbocycles. The zero-order valence-electron chi connectivity index (χ0n) is 19.2. The third-order valence-corrected chi connectivity index (χ3v) is 5.49. The average Bonchev–Trinajstić information content (AvgIpc) is 2.82. The van der Waals surface area contributed by atoms with Crippen LogP contribution in [0.1, 0.15) is 30.5 Å². The predicted octanol–water partition coefficient (Wildman–Crippen LogP) is 5.74. The van der Waals surface area contributed by atoms with E-state index in [-0.39, 0.29) is 5.82 Å². The topological polar surface area (TPSA) is 33.7 Å². The lowest BCUT2D eigenvalue weighted by Crippen LogP contribution is -2.39. The number of nitrogens with zero attached hydrogens (tertiary/aromatic N) is 1. The van der Waals surface area contributed by atoms with Gasteiger partial charge in [0.15, 0.2) is 16.6 Å². The number of thiocarbonyl (C=S) groups is 1. The summed E-state index contributed by atoms with van der Waals surface area (Å²) in [6, 6.07) is 22.8. The highest BCUT2D eigenvalue weighted by Gasteiger charge is 2.12. The second kappa shape index (κ2) is 12.8. The Labute approximate surface area is 201 Å². The average molecular weight is 467 g/mol. The van der Waals surface area contributed by atoms with Crippen molar-refractivity contribution in [3.8, 4) is 11.5 Å². The van der Waals surface area contributed by atoms with Gasteiger partial charge in [0.05, 0.1) is 13.2 Å². The van der Waals surface area contributed by atoms with Gasteiger partial charge in [0, 0.05) is 19.6 Å². The summed E-state index contributed by atoms with van der Waals surface area (Å²) in [5.74, 6) is 1.29. The number of halogens is 1. The van der Waals surface area contributed by atoms with Crippen molar-refractivity contribution in [1.29, 1.82) is 0 Å². The number of rotatable bonds is 11. The molecule has 0 aromatic heterocycles. The minimum atomic E-state index is -0.240. The fourth-order valence-electron chi connectivity index (χ4n) is 3.49. The van der Waals surface area contributed by atoms with Crippen molar-refractivity contribution in [3.05, 3.63) is 95.3 Å². The van der Waals surface area contributed by atoms with E-state index in [0.717, 1.165) is 34.6 Å². The van der Waals surface area contributed by atoms with Gasteiger partial charge in [0.2, 0.25) is 0 Å². The first-order valence-corrected chi connectivity index (χ1v) is 11.7. The van der Waals surface area contributed by atoms with Crippen LogP contribution in [0.25, 0.3) is 0 Å². The molecule has 3 aromatic rings. The standard InChI is InChI=1S/C27H31FN2O2S/c1-3-31-25-15-12-21(18-26(25)32-4-2)16-17-29-27(33)30(19-22-8-6-5-7-9-22)20-23-10-13-24(28)14-11-23/h5-15,18H,3-4,16-17,19-20H2,1-2H3,(H,29,33). The van der Waals surface area contributed by atoms with Crippen LogP contribution in [-0.2, 0) is 19.5 Å². The molecule has 0 heterocycles. The molecule has 0 amide bonds. The summed E-state index contributed by atoms with van der Waals surface area (Å²) >= 11 is 5.73. The molecule has 0 bridgehead atoms. The highest BCUT2D eigenvalue weighted by atomic mass is 32.1. The van der Waals surface area contributed by atoms with Crippen molar-refractivity contribution in [3.63, 3.8) is 0 Å². The molecule has 1 N–H and O–H groups in total. The minimum Gasteiger partial charge on any atom is -0.490 e. The highest BCUT2D eigenvalue weighted by molar-refractivity contribution is 7.80. The number of ether oxygens (including phenoxy) is 2. The van der Waals surface area contributed by atoms with E-state index in [9.17, 15) is 4.39 Å². The number of benzene rings is 3. The van der Waals surface area contributed by atoms with E-state index in [1.165, 1.54) is 12.1 Å². The lowest BCUT2D eigenvalue weighted by molar-refractivity contribution is 0.287. The molecular weight excluding hydrogens is 435 g/mol. The van der Waals surface area contributed by atoms with Gasteiger partial charge in [-0.3, -0.25) is 0 Å². The van der Waals surface area contributed by atoms with Crippen LogP contribution in [0, 0.1) is 5.82 Å². The maximum absolute atomic E-state index is 13.3. The van der Waals surface area contributed by atoms with Crippen molar-refractivity contribution < 1.29 is 13.9 Å². The van der Waals surface area contributed by atoms with Gasteiger partial charge in [-0.25, -0.2) is 4.39 Å².